The Labute approximate surface area is 146 Å². The van der Waals surface area contributed by atoms with Crippen molar-refractivity contribution in [3.8, 4) is 5.75 Å². The highest BCUT2D eigenvalue weighted by atomic mass is 35.5. The van der Waals surface area contributed by atoms with E-state index in [0.717, 1.165) is 0 Å². The number of hydrogen-bond donors (Lipinski definition) is 1. The van der Waals surface area contributed by atoms with Crippen molar-refractivity contribution in [1.82, 2.24) is 10.2 Å². The standard InChI is InChI=1S/C17H21ClN2O2S/c1-20(2)16(13-8-10-23-12-13)11-19-17(21)7-9-22-15-5-3-14(18)4-6-15/h3-6,8,10,12,16H,7,9,11H2,1-2H3,(H,19,21)/t16-/m0/s1. The molecule has 124 valence electrons. The number of nitrogens with zero attached hydrogens (tertiary/aromatic N) is 1. The first kappa shape index (κ1) is 17.8. The summed E-state index contributed by atoms with van der Waals surface area (Å²) in [5.41, 5.74) is 1.22. The van der Waals surface area contributed by atoms with Crippen molar-refractivity contribution >= 4 is 28.8 Å². The van der Waals surface area contributed by atoms with E-state index < -0.39 is 0 Å². The highest BCUT2D eigenvalue weighted by Gasteiger charge is 2.15. The Kier molecular flexibility index (Phi) is 6.89. The number of carbonyl (C=O) groups excluding carboxylic acids is 1. The Balaban J connectivity index is 1.73. The molecule has 0 bridgehead atoms. The van der Waals surface area contributed by atoms with E-state index in [1.165, 1.54) is 5.56 Å². The first-order valence-electron chi connectivity index (χ1n) is 7.40. The molecule has 23 heavy (non-hydrogen) atoms. The van der Waals surface area contributed by atoms with Crippen LogP contribution >= 0.6 is 22.9 Å². The maximum Gasteiger partial charge on any atom is 0.223 e. The Morgan fingerprint density at radius 1 is 1.30 bits per heavy atom. The van der Waals surface area contributed by atoms with Gasteiger partial charge in [-0.1, -0.05) is 11.6 Å². The van der Waals surface area contributed by atoms with Crippen molar-refractivity contribution in [2.45, 2.75) is 12.5 Å². The largest absolute Gasteiger partial charge is 0.493 e. The molecule has 6 heteroatoms. The molecule has 1 amide bonds. The van der Waals surface area contributed by atoms with Gasteiger partial charge in [0.1, 0.15) is 5.75 Å². The molecule has 0 aliphatic carbocycles. The minimum Gasteiger partial charge on any atom is -0.493 e. The van der Waals surface area contributed by atoms with Gasteiger partial charge in [-0.25, -0.2) is 0 Å². The molecular weight excluding hydrogens is 332 g/mol. The van der Waals surface area contributed by atoms with Gasteiger partial charge in [-0.3, -0.25) is 4.79 Å². The fraction of sp³-hybridized carbons (Fsp3) is 0.353. The molecule has 0 aliphatic rings. The molecule has 1 atom stereocenters. The third kappa shape index (κ3) is 5.86. The van der Waals surface area contributed by atoms with Crippen molar-refractivity contribution < 1.29 is 9.53 Å². The molecule has 2 rings (SSSR count). The number of nitrogens with one attached hydrogen (secondary N) is 1. The summed E-state index contributed by atoms with van der Waals surface area (Å²) in [5, 5.41) is 7.80. The number of rotatable bonds is 8. The Bertz CT molecular complexity index is 600. The van der Waals surface area contributed by atoms with Crippen LogP contribution < -0.4 is 10.1 Å². The van der Waals surface area contributed by atoms with E-state index >= 15 is 0 Å². The minimum atomic E-state index is -0.0129. The molecule has 0 aliphatic heterocycles. The molecule has 2 aromatic rings. The van der Waals surface area contributed by atoms with Crippen molar-refractivity contribution in [2.24, 2.45) is 0 Å². The summed E-state index contributed by atoms with van der Waals surface area (Å²) in [6.45, 7) is 0.933. The van der Waals surface area contributed by atoms with Gasteiger partial charge in [0.25, 0.3) is 0 Å². The first-order chi connectivity index (χ1) is 11.1. The average Bonchev–Trinajstić information content (AvgIpc) is 3.03. The lowest BCUT2D eigenvalue weighted by molar-refractivity contribution is -0.121. The monoisotopic (exact) mass is 352 g/mol. The summed E-state index contributed by atoms with van der Waals surface area (Å²) in [4.78, 5) is 14.1. The second-order valence-electron chi connectivity index (χ2n) is 5.39. The van der Waals surface area contributed by atoms with Gasteiger partial charge in [-0.15, -0.1) is 0 Å². The predicted molar refractivity (Wildman–Crippen MR) is 95.3 cm³/mol. The molecule has 0 unspecified atom stereocenters. The van der Waals surface area contributed by atoms with E-state index in [9.17, 15) is 4.79 Å². The fourth-order valence-corrected chi connectivity index (χ4v) is 2.99. The van der Waals surface area contributed by atoms with E-state index in [1.807, 2.05) is 19.5 Å². The number of hydrogen-bond acceptors (Lipinski definition) is 4. The third-order valence-electron chi connectivity index (χ3n) is 3.46. The summed E-state index contributed by atoms with van der Waals surface area (Å²) >= 11 is 7.48. The van der Waals surface area contributed by atoms with Crippen LogP contribution in [0.3, 0.4) is 0 Å². The number of amides is 1. The van der Waals surface area contributed by atoms with Crippen LogP contribution in [0, 0.1) is 0 Å². The van der Waals surface area contributed by atoms with Gasteiger partial charge in [-0.2, -0.15) is 11.3 Å². The van der Waals surface area contributed by atoms with Crippen molar-refractivity contribution in [1.29, 1.82) is 0 Å². The van der Waals surface area contributed by atoms with Gasteiger partial charge >= 0.3 is 0 Å². The van der Waals surface area contributed by atoms with Crippen LogP contribution in [0.15, 0.2) is 41.1 Å². The van der Waals surface area contributed by atoms with Crippen LogP contribution in [-0.2, 0) is 4.79 Å². The number of carbonyl (C=O) groups is 1. The van der Waals surface area contributed by atoms with Crippen molar-refractivity contribution in [3.05, 3.63) is 51.7 Å². The van der Waals surface area contributed by atoms with Crippen LogP contribution in [0.4, 0.5) is 0 Å². The van der Waals surface area contributed by atoms with Crippen LogP contribution in [-0.4, -0.2) is 38.1 Å². The molecule has 1 heterocycles. The summed E-state index contributed by atoms with van der Waals surface area (Å²) in [7, 11) is 4.02. The van der Waals surface area contributed by atoms with Crippen LogP contribution in [0.5, 0.6) is 5.75 Å². The Hall–Kier alpha value is -1.56. The molecule has 0 saturated carbocycles. The van der Waals surface area contributed by atoms with Crippen molar-refractivity contribution in [2.75, 3.05) is 27.2 Å². The molecule has 1 N–H and O–H groups in total. The van der Waals surface area contributed by atoms with Crippen LogP contribution in [0.1, 0.15) is 18.0 Å². The number of ether oxygens (including phenoxy) is 1. The van der Waals surface area contributed by atoms with E-state index in [-0.39, 0.29) is 11.9 Å². The average molecular weight is 353 g/mol. The van der Waals surface area contributed by atoms with Gasteiger partial charge in [0.2, 0.25) is 5.91 Å². The SMILES string of the molecule is CN(C)[C@@H](CNC(=O)CCOc1ccc(Cl)cc1)c1ccsc1. The second kappa shape index (κ2) is 8.91. The highest BCUT2D eigenvalue weighted by Crippen LogP contribution is 2.20. The van der Waals surface area contributed by atoms with Crippen LogP contribution in [0.25, 0.3) is 0 Å². The second-order valence-corrected chi connectivity index (χ2v) is 6.61. The Morgan fingerprint density at radius 3 is 2.65 bits per heavy atom. The smallest absolute Gasteiger partial charge is 0.223 e. The zero-order chi connectivity index (χ0) is 16.7. The molecule has 0 radical (unpaired) electrons. The topological polar surface area (TPSA) is 41.6 Å². The molecular formula is C17H21ClN2O2S. The van der Waals surface area contributed by atoms with Gasteiger partial charge in [0.05, 0.1) is 19.1 Å². The lowest BCUT2D eigenvalue weighted by Gasteiger charge is -2.24. The maximum atomic E-state index is 12.0. The number of benzene rings is 1. The zero-order valence-electron chi connectivity index (χ0n) is 13.3. The molecule has 1 aromatic heterocycles. The number of thiophene rings is 1. The quantitative estimate of drug-likeness (QED) is 0.789. The van der Waals surface area contributed by atoms with E-state index in [1.54, 1.807) is 35.6 Å². The van der Waals surface area contributed by atoms with Gasteiger partial charge in [0, 0.05) is 11.6 Å². The summed E-state index contributed by atoms with van der Waals surface area (Å²) in [6, 6.07) is 9.38. The summed E-state index contributed by atoms with van der Waals surface area (Å²) in [6.07, 6.45) is 0.326. The first-order valence-corrected chi connectivity index (χ1v) is 8.72. The number of halogens is 1. The van der Waals surface area contributed by atoms with E-state index in [4.69, 9.17) is 16.3 Å². The maximum absolute atomic E-state index is 12.0. The third-order valence-corrected chi connectivity index (χ3v) is 4.41. The molecule has 0 saturated heterocycles. The number of likely N-dealkylation sites (N-methyl/N-ethyl adjacent to an activating group) is 1. The normalized spacial score (nSPS) is 12.2. The van der Waals surface area contributed by atoms with Crippen LogP contribution in [0.2, 0.25) is 5.02 Å². The molecule has 1 aromatic carbocycles. The minimum absolute atomic E-state index is 0.0129. The van der Waals surface area contributed by atoms with E-state index in [0.29, 0.717) is 30.3 Å². The highest BCUT2D eigenvalue weighted by molar-refractivity contribution is 7.07. The Morgan fingerprint density at radius 2 is 2.04 bits per heavy atom. The van der Waals surface area contributed by atoms with Gasteiger partial charge < -0.3 is 15.0 Å². The molecule has 0 spiro atoms. The van der Waals surface area contributed by atoms with Gasteiger partial charge in [-0.05, 0) is 60.8 Å². The molecule has 4 nitrogen and oxygen atoms in total. The summed E-state index contributed by atoms with van der Waals surface area (Å²) < 4.78 is 5.53. The predicted octanol–water partition coefficient (Wildman–Crippen LogP) is 3.59. The lowest BCUT2D eigenvalue weighted by Crippen LogP contribution is -2.34. The fourth-order valence-electron chi connectivity index (χ4n) is 2.15. The van der Waals surface area contributed by atoms with Crippen molar-refractivity contribution in [3.63, 3.8) is 0 Å². The molecule has 0 fully saturated rings. The zero-order valence-corrected chi connectivity index (χ0v) is 14.9. The van der Waals surface area contributed by atoms with Gasteiger partial charge in [0.15, 0.2) is 0 Å². The lowest BCUT2D eigenvalue weighted by atomic mass is 10.1. The van der Waals surface area contributed by atoms with E-state index in [2.05, 4.69) is 21.7 Å². The summed E-state index contributed by atoms with van der Waals surface area (Å²) in [5.74, 6) is 0.702.